The van der Waals surface area contributed by atoms with E-state index in [9.17, 15) is 4.79 Å². The molecule has 1 aliphatic heterocycles. The van der Waals surface area contributed by atoms with Crippen molar-refractivity contribution >= 4 is 23.5 Å². The number of furan rings is 1. The lowest BCUT2D eigenvalue weighted by molar-refractivity contribution is -0.111. The SMILES string of the molecule is C[C@@H]1C[C@H]1c1ccc(/C=N\N=C2\C(=O)N(C)c3ccccc32)o1. The summed E-state index contributed by atoms with van der Waals surface area (Å²) in [4.78, 5) is 13.8. The Morgan fingerprint density at radius 3 is 2.83 bits per heavy atom. The summed E-state index contributed by atoms with van der Waals surface area (Å²) in [6.45, 7) is 2.21. The van der Waals surface area contributed by atoms with E-state index in [0.29, 0.717) is 23.3 Å². The Bertz CT molecular complexity index is 834. The molecular formula is C18H17N3O2. The number of hydrogen-bond donors (Lipinski definition) is 0. The van der Waals surface area contributed by atoms with Gasteiger partial charge < -0.3 is 9.32 Å². The lowest BCUT2D eigenvalue weighted by atomic mass is 10.1. The largest absolute Gasteiger partial charge is 0.460 e. The Balaban J connectivity index is 1.56. The van der Waals surface area contributed by atoms with Gasteiger partial charge in [0.25, 0.3) is 5.91 Å². The molecule has 116 valence electrons. The topological polar surface area (TPSA) is 58.2 Å². The maximum atomic E-state index is 12.2. The van der Waals surface area contributed by atoms with Gasteiger partial charge in [0.1, 0.15) is 11.5 Å². The summed E-state index contributed by atoms with van der Waals surface area (Å²) in [7, 11) is 1.74. The molecule has 0 N–H and O–H groups in total. The van der Waals surface area contributed by atoms with Crippen molar-refractivity contribution in [2.75, 3.05) is 11.9 Å². The predicted octanol–water partition coefficient (Wildman–Crippen LogP) is 3.20. The molecule has 1 amide bonds. The van der Waals surface area contributed by atoms with Crippen LogP contribution in [-0.4, -0.2) is 24.9 Å². The first-order chi connectivity index (χ1) is 11.1. The summed E-state index contributed by atoms with van der Waals surface area (Å²) in [5.41, 5.74) is 2.03. The van der Waals surface area contributed by atoms with E-state index in [1.807, 2.05) is 36.4 Å². The molecule has 2 heterocycles. The van der Waals surface area contributed by atoms with Gasteiger partial charge in [-0.15, -0.1) is 5.10 Å². The van der Waals surface area contributed by atoms with Crippen LogP contribution < -0.4 is 4.90 Å². The minimum atomic E-state index is -0.143. The highest BCUT2D eigenvalue weighted by molar-refractivity contribution is 6.54. The van der Waals surface area contributed by atoms with Crippen LogP contribution in [0.5, 0.6) is 0 Å². The Morgan fingerprint density at radius 2 is 2.04 bits per heavy atom. The van der Waals surface area contributed by atoms with Crippen molar-refractivity contribution in [2.24, 2.45) is 16.1 Å². The van der Waals surface area contributed by atoms with Crippen LogP contribution in [0.15, 0.2) is 51.0 Å². The van der Waals surface area contributed by atoms with Crippen LogP contribution in [0.25, 0.3) is 0 Å². The second kappa shape index (κ2) is 5.19. The number of fused-ring (bicyclic) bond motifs is 1. The molecule has 4 rings (SSSR count). The van der Waals surface area contributed by atoms with Crippen LogP contribution in [0.2, 0.25) is 0 Å². The van der Waals surface area contributed by atoms with Crippen molar-refractivity contribution in [3.05, 3.63) is 53.5 Å². The van der Waals surface area contributed by atoms with Crippen LogP contribution in [0.3, 0.4) is 0 Å². The number of amides is 1. The predicted molar refractivity (Wildman–Crippen MR) is 89.2 cm³/mol. The highest BCUT2D eigenvalue weighted by atomic mass is 16.3. The molecule has 0 radical (unpaired) electrons. The van der Waals surface area contributed by atoms with Crippen LogP contribution in [0.4, 0.5) is 5.69 Å². The molecule has 0 unspecified atom stereocenters. The fourth-order valence-electron chi connectivity index (χ4n) is 2.95. The van der Waals surface area contributed by atoms with E-state index in [1.54, 1.807) is 18.2 Å². The quantitative estimate of drug-likeness (QED) is 0.646. The van der Waals surface area contributed by atoms with E-state index in [4.69, 9.17) is 4.42 Å². The molecule has 2 atom stereocenters. The number of benzene rings is 1. The average Bonchev–Trinajstić information content (AvgIpc) is 3.02. The monoisotopic (exact) mass is 307 g/mol. The van der Waals surface area contributed by atoms with Gasteiger partial charge >= 0.3 is 0 Å². The Labute approximate surface area is 134 Å². The zero-order valence-electron chi connectivity index (χ0n) is 13.1. The summed E-state index contributed by atoms with van der Waals surface area (Å²) in [5.74, 6) is 2.77. The maximum absolute atomic E-state index is 12.2. The fourth-order valence-corrected chi connectivity index (χ4v) is 2.95. The van der Waals surface area contributed by atoms with Crippen molar-refractivity contribution in [3.8, 4) is 0 Å². The van der Waals surface area contributed by atoms with E-state index >= 15 is 0 Å². The van der Waals surface area contributed by atoms with Crippen LogP contribution in [0.1, 0.15) is 36.3 Å². The summed E-state index contributed by atoms with van der Waals surface area (Å²) in [5, 5.41) is 8.15. The molecule has 0 saturated heterocycles. The first-order valence-corrected chi connectivity index (χ1v) is 7.73. The molecule has 2 aliphatic rings. The standard InChI is InChI=1S/C18H17N3O2/c1-11-9-14(11)16-8-7-12(23-16)10-19-20-17-13-5-3-4-6-15(13)21(2)18(17)22/h3-8,10-11,14H,9H2,1-2H3/b19-10-,20-17+/t11-,14-/m1/s1. The highest BCUT2D eigenvalue weighted by Crippen LogP contribution is 2.47. The van der Waals surface area contributed by atoms with Gasteiger partial charge in [0.2, 0.25) is 0 Å². The van der Waals surface area contributed by atoms with Crippen molar-refractivity contribution in [1.82, 2.24) is 0 Å². The third-order valence-corrected chi connectivity index (χ3v) is 4.49. The molecule has 1 aromatic carbocycles. The smallest absolute Gasteiger partial charge is 0.279 e. The number of rotatable bonds is 3. The fraction of sp³-hybridized carbons (Fsp3) is 0.278. The van der Waals surface area contributed by atoms with Gasteiger partial charge in [-0.3, -0.25) is 4.79 Å². The molecule has 0 spiro atoms. The lowest BCUT2D eigenvalue weighted by Gasteiger charge is -2.07. The number of carbonyl (C=O) groups excluding carboxylic acids is 1. The van der Waals surface area contributed by atoms with E-state index in [-0.39, 0.29) is 5.91 Å². The molecule has 5 heteroatoms. The van der Waals surface area contributed by atoms with E-state index in [1.165, 1.54) is 6.42 Å². The lowest BCUT2D eigenvalue weighted by Crippen LogP contribution is -2.25. The average molecular weight is 307 g/mol. The molecule has 1 saturated carbocycles. The molecular weight excluding hydrogens is 290 g/mol. The van der Waals surface area contributed by atoms with Crippen LogP contribution in [0, 0.1) is 5.92 Å². The molecule has 0 bridgehead atoms. The number of likely N-dealkylation sites (N-methyl/N-ethyl adjacent to an activating group) is 1. The molecule has 1 aromatic heterocycles. The van der Waals surface area contributed by atoms with Gasteiger partial charge in [0.05, 0.1) is 11.9 Å². The van der Waals surface area contributed by atoms with Crippen molar-refractivity contribution < 1.29 is 9.21 Å². The van der Waals surface area contributed by atoms with Gasteiger partial charge in [-0.25, -0.2) is 0 Å². The molecule has 1 aliphatic carbocycles. The summed E-state index contributed by atoms with van der Waals surface area (Å²) in [6, 6.07) is 11.4. The minimum absolute atomic E-state index is 0.143. The zero-order chi connectivity index (χ0) is 16.0. The van der Waals surface area contributed by atoms with Gasteiger partial charge in [0, 0.05) is 18.5 Å². The first kappa shape index (κ1) is 13.9. The van der Waals surface area contributed by atoms with E-state index in [0.717, 1.165) is 17.0 Å². The number of anilines is 1. The van der Waals surface area contributed by atoms with E-state index < -0.39 is 0 Å². The third kappa shape index (κ3) is 2.38. The molecule has 2 aromatic rings. The molecule has 1 fully saturated rings. The van der Waals surface area contributed by atoms with Crippen LogP contribution >= 0.6 is 0 Å². The second-order valence-corrected chi connectivity index (χ2v) is 6.13. The van der Waals surface area contributed by atoms with Gasteiger partial charge in [-0.1, -0.05) is 25.1 Å². The second-order valence-electron chi connectivity index (χ2n) is 6.13. The summed E-state index contributed by atoms with van der Waals surface area (Å²) < 4.78 is 5.75. The molecule has 5 nitrogen and oxygen atoms in total. The van der Waals surface area contributed by atoms with Crippen molar-refractivity contribution in [1.29, 1.82) is 0 Å². The number of hydrogen-bond acceptors (Lipinski definition) is 4. The Hall–Kier alpha value is -2.69. The van der Waals surface area contributed by atoms with E-state index in [2.05, 4.69) is 17.1 Å². The van der Waals surface area contributed by atoms with Crippen molar-refractivity contribution in [3.63, 3.8) is 0 Å². The number of para-hydroxylation sites is 1. The number of carbonyl (C=O) groups is 1. The number of nitrogens with zero attached hydrogens (tertiary/aromatic N) is 3. The van der Waals surface area contributed by atoms with Gasteiger partial charge in [-0.2, -0.15) is 5.10 Å². The zero-order valence-corrected chi connectivity index (χ0v) is 13.1. The third-order valence-electron chi connectivity index (χ3n) is 4.49. The van der Waals surface area contributed by atoms with Gasteiger partial charge in [-0.05, 0) is 30.5 Å². The van der Waals surface area contributed by atoms with Crippen molar-refractivity contribution in [2.45, 2.75) is 19.3 Å². The summed E-state index contributed by atoms with van der Waals surface area (Å²) in [6.07, 6.45) is 2.74. The maximum Gasteiger partial charge on any atom is 0.279 e. The first-order valence-electron chi connectivity index (χ1n) is 7.73. The van der Waals surface area contributed by atoms with Crippen LogP contribution in [-0.2, 0) is 4.79 Å². The minimum Gasteiger partial charge on any atom is -0.460 e. The Kier molecular flexibility index (Phi) is 3.15. The molecule has 23 heavy (non-hydrogen) atoms. The van der Waals surface area contributed by atoms with Gasteiger partial charge in [0.15, 0.2) is 5.71 Å². The Morgan fingerprint density at radius 1 is 1.26 bits per heavy atom. The highest BCUT2D eigenvalue weighted by Gasteiger charge is 2.36. The summed E-state index contributed by atoms with van der Waals surface area (Å²) >= 11 is 0. The normalized spacial score (nSPS) is 24.7.